The Kier molecular flexibility index (Phi) is 20.7. The van der Waals surface area contributed by atoms with Gasteiger partial charge in [0.2, 0.25) is 0 Å². The first-order chi connectivity index (χ1) is 15.6. The third kappa shape index (κ3) is 15.7. The zero-order chi connectivity index (χ0) is 23.9. The number of ether oxygens (including phenoxy) is 2. The lowest BCUT2D eigenvalue weighted by molar-refractivity contribution is 0.0450. The van der Waals surface area contributed by atoms with Crippen molar-refractivity contribution >= 4 is 11.9 Å². The van der Waals surface area contributed by atoms with E-state index >= 15 is 0 Å². The summed E-state index contributed by atoms with van der Waals surface area (Å²) in [6.07, 6.45) is 16.6. The molecule has 4 nitrogen and oxygen atoms in total. The van der Waals surface area contributed by atoms with Crippen LogP contribution in [0.4, 0.5) is 0 Å². The molecule has 0 amide bonds. The van der Waals surface area contributed by atoms with Crippen molar-refractivity contribution in [2.24, 2.45) is 0 Å². The highest BCUT2D eigenvalue weighted by Crippen LogP contribution is 2.14. The van der Waals surface area contributed by atoms with E-state index in [9.17, 15) is 9.59 Å². The van der Waals surface area contributed by atoms with E-state index < -0.39 is 11.9 Å². The van der Waals surface area contributed by atoms with Gasteiger partial charge < -0.3 is 9.47 Å². The molecule has 0 heterocycles. The van der Waals surface area contributed by atoms with Gasteiger partial charge in [-0.05, 0) is 31.4 Å². The van der Waals surface area contributed by atoms with Crippen molar-refractivity contribution in [2.75, 3.05) is 13.2 Å². The third-order valence-electron chi connectivity index (χ3n) is 5.12. The van der Waals surface area contributed by atoms with E-state index in [1.54, 1.807) is 24.3 Å². The Morgan fingerprint density at radius 2 is 1.03 bits per heavy atom. The molecule has 0 atom stereocenters. The number of allylic oxidation sites excluding steroid dienone is 1. The standard InChI is InChI=1S/C24H38O4.C4H8/c1-3-5-7-9-11-15-19-27-23(25)21-17-13-14-18-22(21)24(26)28-20-16-12-10-8-6-4-2;1-3-4-2/h13-14,17-18H,3-12,15-16,19-20H2,1-2H3;3H,1,4H2,2H3. The number of hydrogen-bond acceptors (Lipinski definition) is 4. The molecule has 0 spiro atoms. The Morgan fingerprint density at radius 3 is 1.38 bits per heavy atom. The van der Waals surface area contributed by atoms with Gasteiger partial charge >= 0.3 is 11.9 Å². The predicted octanol–water partition coefficient (Wildman–Crippen LogP) is 8.30. The summed E-state index contributed by atoms with van der Waals surface area (Å²) in [5.41, 5.74) is 0.586. The molecule has 0 bridgehead atoms. The Bertz CT molecular complexity index is 560. The van der Waals surface area contributed by atoms with Gasteiger partial charge in [0, 0.05) is 0 Å². The number of hydrogen-bond donors (Lipinski definition) is 0. The molecule has 0 fully saturated rings. The zero-order valence-corrected chi connectivity index (χ0v) is 20.8. The molecule has 0 radical (unpaired) electrons. The Hall–Kier alpha value is -2.10. The summed E-state index contributed by atoms with van der Waals surface area (Å²) in [5, 5.41) is 0. The van der Waals surface area contributed by atoms with Crippen molar-refractivity contribution in [2.45, 2.75) is 104 Å². The van der Waals surface area contributed by atoms with E-state index in [0.29, 0.717) is 24.3 Å². The largest absolute Gasteiger partial charge is 0.462 e. The van der Waals surface area contributed by atoms with Crippen molar-refractivity contribution < 1.29 is 19.1 Å². The molecule has 0 N–H and O–H groups in total. The van der Waals surface area contributed by atoms with E-state index in [0.717, 1.165) is 32.1 Å². The molecule has 0 saturated carbocycles. The Balaban J connectivity index is 0.00000220. The number of unbranched alkanes of at least 4 members (excludes halogenated alkanes) is 10. The molecule has 0 aliphatic rings. The van der Waals surface area contributed by atoms with Crippen molar-refractivity contribution in [3.05, 3.63) is 48.0 Å². The predicted molar refractivity (Wildman–Crippen MR) is 134 cm³/mol. The lowest BCUT2D eigenvalue weighted by atomic mass is 10.1. The Morgan fingerprint density at radius 1 is 0.688 bits per heavy atom. The summed E-state index contributed by atoms with van der Waals surface area (Å²) >= 11 is 0. The minimum absolute atomic E-state index is 0.293. The minimum Gasteiger partial charge on any atom is -0.462 e. The smallest absolute Gasteiger partial charge is 0.339 e. The van der Waals surface area contributed by atoms with Crippen molar-refractivity contribution in [1.29, 1.82) is 0 Å². The first-order valence-corrected chi connectivity index (χ1v) is 12.7. The fourth-order valence-corrected chi connectivity index (χ4v) is 3.09. The maximum atomic E-state index is 12.4. The second-order valence-electron chi connectivity index (χ2n) is 8.05. The van der Waals surface area contributed by atoms with Crippen LogP contribution in [0.3, 0.4) is 0 Å². The molecule has 0 aromatic heterocycles. The summed E-state index contributed by atoms with van der Waals surface area (Å²) in [6, 6.07) is 6.74. The maximum absolute atomic E-state index is 12.4. The second kappa shape index (κ2) is 22.1. The first kappa shape index (κ1) is 29.9. The molecule has 0 aliphatic heterocycles. The molecule has 182 valence electrons. The number of carbonyl (C=O) groups excluding carboxylic acids is 2. The highest BCUT2D eigenvalue weighted by atomic mass is 16.5. The van der Waals surface area contributed by atoms with Crippen LogP contribution >= 0.6 is 0 Å². The van der Waals surface area contributed by atoms with Crippen LogP contribution in [0.2, 0.25) is 0 Å². The average Bonchev–Trinajstić information content (AvgIpc) is 2.82. The number of carbonyl (C=O) groups is 2. The van der Waals surface area contributed by atoms with Crippen LogP contribution in [-0.4, -0.2) is 25.2 Å². The van der Waals surface area contributed by atoms with Gasteiger partial charge in [0.25, 0.3) is 0 Å². The van der Waals surface area contributed by atoms with Gasteiger partial charge in [-0.25, -0.2) is 9.59 Å². The molecule has 0 unspecified atom stereocenters. The van der Waals surface area contributed by atoms with E-state index in [1.165, 1.54) is 51.4 Å². The number of benzene rings is 1. The van der Waals surface area contributed by atoms with Gasteiger partial charge in [-0.15, -0.1) is 6.58 Å². The molecular formula is C28H46O4. The maximum Gasteiger partial charge on any atom is 0.339 e. The lowest BCUT2D eigenvalue weighted by Gasteiger charge is -2.10. The van der Waals surface area contributed by atoms with Crippen LogP contribution in [-0.2, 0) is 9.47 Å². The molecule has 1 aromatic carbocycles. The molecule has 32 heavy (non-hydrogen) atoms. The quantitative estimate of drug-likeness (QED) is 0.137. The van der Waals surface area contributed by atoms with Gasteiger partial charge in [0.15, 0.2) is 0 Å². The van der Waals surface area contributed by atoms with Gasteiger partial charge in [0.05, 0.1) is 24.3 Å². The second-order valence-corrected chi connectivity index (χ2v) is 8.05. The SMILES string of the molecule is C=CCC.CCCCCCCCOC(=O)c1ccccc1C(=O)OCCCCCCCC. The Labute approximate surface area is 196 Å². The summed E-state index contributed by atoms with van der Waals surface area (Å²) in [5.74, 6) is -0.888. The van der Waals surface area contributed by atoms with Crippen molar-refractivity contribution in [3.63, 3.8) is 0 Å². The fourth-order valence-electron chi connectivity index (χ4n) is 3.09. The minimum atomic E-state index is -0.444. The van der Waals surface area contributed by atoms with E-state index in [-0.39, 0.29) is 0 Å². The summed E-state index contributed by atoms with van der Waals surface area (Å²) in [7, 11) is 0. The fraction of sp³-hybridized carbons (Fsp3) is 0.643. The molecule has 1 aromatic rings. The van der Waals surface area contributed by atoms with Crippen LogP contribution < -0.4 is 0 Å². The highest BCUT2D eigenvalue weighted by molar-refractivity contribution is 6.03. The summed E-state index contributed by atoms with van der Waals surface area (Å²) < 4.78 is 10.7. The topological polar surface area (TPSA) is 52.6 Å². The number of rotatable bonds is 17. The van der Waals surface area contributed by atoms with Crippen molar-refractivity contribution in [1.82, 2.24) is 0 Å². The third-order valence-corrected chi connectivity index (χ3v) is 5.12. The average molecular weight is 447 g/mol. The highest BCUT2D eigenvalue weighted by Gasteiger charge is 2.18. The van der Waals surface area contributed by atoms with Gasteiger partial charge in [-0.3, -0.25) is 0 Å². The van der Waals surface area contributed by atoms with Crippen LogP contribution in [0.1, 0.15) is 125 Å². The van der Waals surface area contributed by atoms with Crippen LogP contribution in [0.25, 0.3) is 0 Å². The monoisotopic (exact) mass is 446 g/mol. The van der Waals surface area contributed by atoms with E-state index in [1.807, 2.05) is 6.08 Å². The van der Waals surface area contributed by atoms with E-state index in [2.05, 4.69) is 27.4 Å². The molecule has 0 aliphatic carbocycles. The molecule has 1 rings (SSSR count). The molecular weight excluding hydrogens is 400 g/mol. The molecule has 0 saturated heterocycles. The normalized spacial score (nSPS) is 10.1. The summed E-state index contributed by atoms with van der Waals surface area (Å²) in [6.45, 7) is 10.7. The molecule has 4 heteroatoms. The first-order valence-electron chi connectivity index (χ1n) is 12.7. The zero-order valence-electron chi connectivity index (χ0n) is 20.8. The van der Waals surface area contributed by atoms with Crippen LogP contribution in [0.15, 0.2) is 36.9 Å². The van der Waals surface area contributed by atoms with Gasteiger partial charge in [-0.1, -0.05) is 103 Å². The van der Waals surface area contributed by atoms with Crippen LogP contribution in [0, 0.1) is 0 Å². The van der Waals surface area contributed by atoms with Crippen LogP contribution in [0.5, 0.6) is 0 Å². The van der Waals surface area contributed by atoms with Crippen molar-refractivity contribution in [3.8, 4) is 0 Å². The van der Waals surface area contributed by atoms with Gasteiger partial charge in [-0.2, -0.15) is 0 Å². The lowest BCUT2D eigenvalue weighted by Crippen LogP contribution is -2.15. The van der Waals surface area contributed by atoms with Gasteiger partial charge in [0.1, 0.15) is 0 Å². The summed E-state index contributed by atoms with van der Waals surface area (Å²) in [4.78, 5) is 24.7. The van der Waals surface area contributed by atoms with E-state index in [4.69, 9.17) is 9.47 Å². The number of esters is 2.